The van der Waals surface area contributed by atoms with Gasteiger partial charge in [-0.1, -0.05) is 17.7 Å². The van der Waals surface area contributed by atoms with E-state index in [1.54, 1.807) is 6.92 Å². The van der Waals surface area contributed by atoms with Crippen molar-refractivity contribution in [3.8, 4) is 5.75 Å². The van der Waals surface area contributed by atoms with Gasteiger partial charge in [0.2, 0.25) is 0 Å². The molecule has 1 aliphatic heterocycles. The zero-order chi connectivity index (χ0) is 15.7. The maximum Gasteiger partial charge on any atom is 0.272 e. The Bertz CT molecular complexity index is 744. The highest BCUT2D eigenvalue weighted by Crippen LogP contribution is 2.26. The van der Waals surface area contributed by atoms with Crippen LogP contribution in [0.15, 0.2) is 33.9 Å². The van der Waals surface area contributed by atoms with Crippen molar-refractivity contribution < 1.29 is 4.74 Å². The molecule has 1 heterocycles. The van der Waals surface area contributed by atoms with E-state index in [2.05, 4.69) is 4.90 Å². The van der Waals surface area contributed by atoms with Crippen LogP contribution in [0.2, 0.25) is 5.02 Å². The summed E-state index contributed by atoms with van der Waals surface area (Å²) in [6.45, 7) is 5.09. The molecule has 0 aromatic heterocycles. The van der Waals surface area contributed by atoms with Crippen molar-refractivity contribution in [2.45, 2.75) is 6.92 Å². The lowest BCUT2D eigenvalue weighted by atomic mass is 10.1. The number of benzene rings is 1. The predicted octanol–water partition coefficient (Wildman–Crippen LogP) is 1.66. The minimum atomic E-state index is -0.505. The Kier molecular flexibility index (Phi) is 4.07. The van der Waals surface area contributed by atoms with E-state index in [0.29, 0.717) is 30.4 Å². The van der Waals surface area contributed by atoms with Crippen molar-refractivity contribution in [3.05, 3.63) is 49.7 Å². The van der Waals surface area contributed by atoms with Crippen molar-refractivity contribution in [3.63, 3.8) is 0 Å². The average Bonchev–Trinajstić information content (AvgIpc) is 2.54. The summed E-state index contributed by atoms with van der Waals surface area (Å²) in [5.74, 6) is 0.226. The number of ether oxygens (including phenoxy) is 1. The summed E-state index contributed by atoms with van der Waals surface area (Å²) in [6, 6.07) is 7.72. The van der Waals surface area contributed by atoms with Gasteiger partial charge in [-0.2, -0.15) is 0 Å². The standard InChI is InChI=1S/C16H17ClN2O3/c1-2-22-16-13(14(20)15(16)21)19-8-6-18(7-9-19)12-5-3-4-11(17)10-12/h3-5,10H,2,6-9H2,1H3. The summed E-state index contributed by atoms with van der Waals surface area (Å²) >= 11 is 6.02. The lowest BCUT2D eigenvalue weighted by Crippen LogP contribution is -2.51. The monoisotopic (exact) mass is 320 g/mol. The molecule has 3 rings (SSSR count). The maximum atomic E-state index is 11.8. The average molecular weight is 321 g/mol. The van der Waals surface area contributed by atoms with Crippen LogP contribution >= 0.6 is 11.6 Å². The Morgan fingerprint density at radius 3 is 2.41 bits per heavy atom. The summed E-state index contributed by atoms with van der Waals surface area (Å²) in [5, 5.41) is 0.709. The summed E-state index contributed by atoms with van der Waals surface area (Å²) in [4.78, 5) is 27.5. The first kappa shape index (κ1) is 14.9. The Balaban J connectivity index is 1.71. The van der Waals surface area contributed by atoms with Gasteiger partial charge in [0.25, 0.3) is 10.9 Å². The molecule has 0 aliphatic carbocycles. The van der Waals surface area contributed by atoms with E-state index in [4.69, 9.17) is 16.3 Å². The van der Waals surface area contributed by atoms with Crippen LogP contribution in [-0.4, -0.2) is 32.8 Å². The van der Waals surface area contributed by atoms with Crippen LogP contribution in [0, 0.1) is 0 Å². The van der Waals surface area contributed by atoms with E-state index in [1.165, 1.54) is 0 Å². The number of anilines is 2. The molecular weight excluding hydrogens is 304 g/mol. The van der Waals surface area contributed by atoms with E-state index in [0.717, 1.165) is 18.8 Å². The smallest absolute Gasteiger partial charge is 0.272 e. The van der Waals surface area contributed by atoms with Crippen LogP contribution in [0.4, 0.5) is 11.4 Å². The summed E-state index contributed by atoms with van der Waals surface area (Å²) in [7, 11) is 0. The highest BCUT2D eigenvalue weighted by Gasteiger charge is 2.29. The molecule has 0 saturated carbocycles. The molecule has 6 heteroatoms. The molecule has 0 N–H and O–H groups in total. The number of hydrogen-bond donors (Lipinski definition) is 0. The van der Waals surface area contributed by atoms with E-state index in [1.807, 2.05) is 29.2 Å². The fourth-order valence-electron chi connectivity index (χ4n) is 2.79. The SMILES string of the molecule is CCOc1c(N2CCN(c3cccc(Cl)c3)CC2)c(=O)c1=O. The third kappa shape index (κ3) is 2.57. The molecule has 1 saturated heterocycles. The molecule has 116 valence electrons. The Morgan fingerprint density at radius 1 is 1.09 bits per heavy atom. The summed E-state index contributed by atoms with van der Waals surface area (Å²) in [5.41, 5.74) is 0.577. The molecule has 2 aromatic carbocycles. The van der Waals surface area contributed by atoms with Crippen LogP contribution in [0.3, 0.4) is 0 Å². The van der Waals surface area contributed by atoms with E-state index < -0.39 is 10.9 Å². The van der Waals surface area contributed by atoms with Gasteiger partial charge in [0.1, 0.15) is 5.69 Å². The van der Waals surface area contributed by atoms with Crippen LogP contribution in [0.25, 0.3) is 0 Å². The number of rotatable bonds is 4. The zero-order valence-corrected chi connectivity index (χ0v) is 13.1. The largest absolute Gasteiger partial charge is 0.488 e. The summed E-state index contributed by atoms with van der Waals surface area (Å²) < 4.78 is 5.29. The molecule has 0 amide bonds. The molecule has 0 atom stereocenters. The van der Waals surface area contributed by atoms with Gasteiger partial charge < -0.3 is 14.5 Å². The van der Waals surface area contributed by atoms with Crippen LogP contribution < -0.4 is 25.4 Å². The number of hydrogen-bond acceptors (Lipinski definition) is 5. The Labute approximate surface area is 133 Å². The van der Waals surface area contributed by atoms with Crippen LogP contribution in [0.1, 0.15) is 6.92 Å². The van der Waals surface area contributed by atoms with E-state index in [-0.39, 0.29) is 5.75 Å². The molecule has 0 bridgehead atoms. The molecule has 2 aromatic rings. The molecule has 1 fully saturated rings. The topological polar surface area (TPSA) is 49.9 Å². The van der Waals surface area contributed by atoms with Crippen molar-refractivity contribution in [1.29, 1.82) is 0 Å². The first-order valence-electron chi connectivity index (χ1n) is 7.33. The van der Waals surface area contributed by atoms with Gasteiger partial charge in [-0.25, -0.2) is 0 Å². The van der Waals surface area contributed by atoms with Crippen LogP contribution in [0.5, 0.6) is 5.75 Å². The van der Waals surface area contributed by atoms with E-state index >= 15 is 0 Å². The van der Waals surface area contributed by atoms with Gasteiger partial charge in [0.05, 0.1) is 6.61 Å². The first-order valence-corrected chi connectivity index (χ1v) is 7.71. The molecule has 5 nitrogen and oxygen atoms in total. The van der Waals surface area contributed by atoms with Gasteiger partial charge in [-0.05, 0) is 25.1 Å². The lowest BCUT2D eigenvalue weighted by Gasteiger charge is -2.37. The maximum absolute atomic E-state index is 11.8. The second-order valence-electron chi connectivity index (χ2n) is 5.22. The summed E-state index contributed by atoms with van der Waals surface area (Å²) in [6.07, 6.45) is 0. The normalized spacial score (nSPS) is 15.4. The highest BCUT2D eigenvalue weighted by atomic mass is 35.5. The second-order valence-corrected chi connectivity index (χ2v) is 5.66. The molecular formula is C16H17ClN2O3. The lowest BCUT2D eigenvalue weighted by molar-refractivity contribution is 0.332. The van der Waals surface area contributed by atoms with Crippen molar-refractivity contribution in [2.75, 3.05) is 42.6 Å². The first-order chi connectivity index (χ1) is 10.6. The van der Waals surface area contributed by atoms with Gasteiger partial charge in [0.15, 0.2) is 5.75 Å². The predicted molar refractivity (Wildman–Crippen MR) is 88.4 cm³/mol. The third-order valence-corrected chi connectivity index (χ3v) is 4.14. The molecule has 0 radical (unpaired) electrons. The number of halogens is 1. The van der Waals surface area contributed by atoms with Crippen molar-refractivity contribution in [1.82, 2.24) is 0 Å². The highest BCUT2D eigenvalue weighted by molar-refractivity contribution is 6.30. The fourth-order valence-corrected chi connectivity index (χ4v) is 2.97. The Morgan fingerprint density at radius 2 is 1.77 bits per heavy atom. The third-order valence-electron chi connectivity index (χ3n) is 3.90. The minimum absolute atomic E-state index is 0.226. The van der Waals surface area contributed by atoms with Gasteiger partial charge in [-0.3, -0.25) is 9.59 Å². The molecule has 22 heavy (non-hydrogen) atoms. The van der Waals surface area contributed by atoms with E-state index in [9.17, 15) is 9.59 Å². The minimum Gasteiger partial charge on any atom is -0.488 e. The number of nitrogens with zero attached hydrogens (tertiary/aromatic N) is 2. The number of piperazine rings is 1. The van der Waals surface area contributed by atoms with Gasteiger partial charge in [-0.15, -0.1) is 0 Å². The molecule has 0 spiro atoms. The second kappa shape index (κ2) is 6.01. The van der Waals surface area contributed by atoms with Crippen molar-refractivity contribution >= 4 is 23.0 Å². The molecule has 1 aliphatic rings. The molecule has 0 unspecified atom stereocenters. The van der Waals surface area contributed by atoms with Gasteiger partial charge >= 0.3 is 0 Å². The quantitative estimate of drug-likeness (QED) is 0.802. The van der Waals surface area contributed by atoms with Crippen molar-refractivity contribution in [2.24, 2.45) is 0 Å². The van der Waals surface area contributed by atoms with Gasteiger partial charge in [0, 0.05) is 36.9 Å². The zero-order valence-electron chi connectivity index (χ0n) is 12.3. The van der Waals surface area contributed by atoms with Crippen LogP contribution in [-0.2, 0) is 0 Å². The Hall–Kier alpha value is -2.01. The fraction of sp³-hybridized carbons (Fsp3) is 0.375.